The summed E-state index contributed by atoms with van der Waals surface area (Å²) >= 11 is 0. The van der Waals surface area contributed by atoms with Gasteiger partial charge in [-0.3, -0.25) is 4.79 Å². The highest BCUT2D eigenvalue weighted by molar-refractivity contribution is 5.87. The Bertz CT molecular complexity index is 673. The number of oxime groups is 1. The predicted molar refractivity (Wildman–Crippen MR) is 108 cm³/mol. The molecule has 1 saturated heterocycles. The number of carbonyl (C=O) groups is 1. The van der Waals surface area contributed by atoms with Crippen LogP contribution in [-0.4, -0.2) is 41.9 Å². The van der Waals surface area contributed by atoms with Crippen LogP contribution in [0.25, 0.3) is 0 Å². The summed E-state index contributed by atoms with van der Waals surface area (Å²) in [4.78, 5) is 18.4. The number of hydrogen-bond acceptors (Lipinski definition) is 5. The average molecular weight is 389 g/mol. The van der Waals surface area contributed by atoms with Crippen molar-refractivity contribution >= 4 is 11.5 Å². The molecule has 28 heavy (non-hydrogen) atoms. The number of Topliss-reactive ketones (excluding diaryl/α,β-unsaturated/α-hetero) is 1. The first-order valence-corrected chi connectivity index (χ1v) is 11.6. The van der Waals surface area contributed by atoms with Crippen molar-refractivity contribution < 1.29 is 14.7 Å². The number of nitrogens with zero attached hydrogens (tertiary/aromatic N) is 1. The molecule has 0 amide bonds. The van der Waals surface area contributed by atoms with Crippen LogP contribution in [-0.2, 0) is 9.63 Å². The van der Waals surface area contributed by atoms with Gasteiger partial charge in [0.2, 0.25) is 0 Å². The minimum absolute atomic E-state index is 0.117. The van der Waals surface area contributed by atoms with E-state index in [1.54, 1.807) is 0 Å². The lowest BCUT2D eigenvalue weighted by molar-refractivity contribution is -0.153. The maximum atomic E-state index is 12.6. The van der Waals surface area contributed by atoms with Crippen LogP contribution in [0.15, 0.2) is 5.16 Å². The number of aliphatic hydroxyl groups excluding tert-OH is 1. The van der Waals surface area contributed by atoms with Crippen molar-refractivity contribution in [1.82, 2.24) is 5.32 Å². The zero-order chi connectivity index (χ0) is 19.5. The fourth-order valence-electron chi connectivity index (χ4n) is 7.82. The van der Waals surface area contributed by atoms with Crippen molar-refractivity contribution in [3.8, 4) is 0 Å². The number of aliphatic hydroxyl groups is 1. The molecule has 5 rings (SSSR count). The fraction of sp³-hybridized carbons (Fsp3) is 0.913. The van der Waals surface area contributed by atoms with Gasteiger partial charge in [0.25, 0.3) is 0 Å². The number of ketones is 1. The van der Waals surface area contributed by atoms with Gasteiger partial charge in [0.05, 0.1) is 11.8 Å². The number of rotatable bonds is 2. The van der Waals surface area contributed by atoms with Gasteiger partial charge in [-0.05, 0) is 80.6 Å². The number of hydrogen-bond donors (Lipinski definition) is 2. The van der Waals surface area contributed by atoms with E-state index in [1.807, 2.05) is 0 Å². The highest BCUT2D eigenvalue weighted by atomic mass is 16.6. The fourth-order valence-corrected chi connectivity index (χ4v) is 7.82. The van der Waals surface area contributed by atoms with Crippen LogP contribution in [0.1, 0.15) is 71.6 Å². The quantitative estimate of drug-likeness (QED) is 0.712. The summed E-state index contributed by atoms with van der Waals surface area (Å²) in [6.45, 7) is 6.55. The second-order valence-electron chi connectivity index (χ2n) is 10.8. The van der Waals surface area contributed by atoms with E-state index in [0.29, 0.717) is 23.5 Å². The Labute approximate surface area is 168 Å². The molecule has 5 nitrogen and oxygen atoms in total. The molecular formula is C23H36N2O3. The molecule has 0 bridgehead atoms. The van der Waals surface area contributed by atoms with Crippen LogP contribution in [0.5, 0.6) is 0 Å². The van der Waals surface area contributed by atoms with Crippen molar-refractivity contribution in [2.45, 2.75) is 83.8 Å². The molecule has 0 unspecified atom stereocenters. The Morgan fingerprint density at radius 2 is 1.96 bits per heavy atom. The molecule has 0 spiro atoms. The lowest BCUT2D eigenvalue weighted by Crippen LogP contribution is -2.57. The van der Waals surface area contributed by atoms with Gasteiger partial charge in [-0.15, -0.1) is 0 Å². The molecule has 4 saturated carbocycles. The smallest absolute Gasteiger partial charge is 0.141 e. The van der Waals surface area contributed by atoms with Crippen molar-refractivity contribution in [3.63, 3.8) is 0 Å². The summed E-state index contributed by atoms with van der Waals surface area (Å²) < 4.78 is 0. The summed E-state index contributed by atoms with van der Waals surface area (Å²) in [6.07, 6.45) is 8.80. The molecule has 2 N–H and O–H groups in total. The Kier molecular flexibility index (Phi) is 4.63. The summed E-state index contributed by atoms with van der Waals surface area (Å²) in [5.74, 6) is 2.41. The number of fused-ring (bicyclic) bond motifs is 5. The Hall–Kier alpha value is -0.940. The van der Waals surface area contributed by atoms with E-state index >= 15 is 0 Å². The van der Waals surface area contributed by atoms with Gasteiger partial charge in [-0.2, -0.15) is 0 Å². The molecular weight excluding hydrogens is 352 g/mol. The normalized spacial score (nSPS) is 52.2. The van der Waals surface area contributed by atoms with Crippen LogP contribution in [0.3, 0.4) is 0 Å². The van der Waals surface area contributed by atoms with Gasteiger partial charge in [0.1, 0.15) is 11.9 Å². The average Bonchev–Trinajstić information content (AvgIpc) is 3.29. The zero-order valence-corrected chi connectivity index (χ0v) is 17.5. The van der Waals surface area contributed by atoms with Crippen LogP contribution >= 0.6 is 0 Å². The minimum Gasteiger partial charge on any atom is -0.393 e. The van der Waals surface area contributed by atoms with Gasteiger partial charge >= 0.3 is 0 Å². The molecule has 0 radical (unpaired) electrons. The second-order valence-corrected chi connectivity index (χ2v) is 10.8. The molecule has 0 aromatic heterocycles. The van der Waals surface area contributed by atoms with Gasteiger partial charge in [0, 0.05) is 24.8 Å². The van der Waals surface area contributed by atoms with Crippen molar-refractivity contribution in [2.24, 2.45) is 39.7 Å². The molecule has 156 valence electrons. The molecule has 5 fully saturated rings. The predicted octanol–water partition coefficient (Wildman–Crippen LogP) is 3.30. The molecule has 5 heteroatoms. The van der Waals surface area contributed by atoms with Crippen LogP contribution in [0.4, 0.5) is 0 Å². The number of carbonyl (C=O) groups excluding carboxylic acids is 1. The summed E-state index contributed by atoms with van der Waals surface area (Å²) in [5.41, 5.74) is 1.20. The molecule has 5 aliphatic rings. The van der Waals surface area contributed by atoms with E-state index in [4.69, 9.17) is 4.84 Å². The highest BCUT2D eigenvalue weighted by Gasteiger charge is 2.61. The summed E-state index contributed by atoms with van der Waals surface area (Å²) in [7, 11) is 0. The third kappa shape index (κ3) is 2.79. The maximum Gasteiger partial charge on any atom is 0.141 e. The second kappa shape index (κ2) is 6.80. The third-order valence-electron chi connectivity index (χ3n) is 9.57. The van der Waals surface area contributed by atoms with Gasteiger partial charge in [-0.25, -0.2) is 0 Å². The Morgan fingerprint density at radius 3 is 2.75 bits per heavy atom. The number of nitrogens with one attached hydrogen (secondary N) is 1. The van der Waals surface area contributed by atoms with Crippen LogP contribution < -0.4 is 5.32 Å². The molecule has 1 heterocycles. The van der Waals surface area contributed by atoms with Crippen LogP contribution in [0.2, 0.25) is 0 Å². The highest BCUT2D eigenvalue weighted by Crippen LogP contribution is 2.65. The SMILES string of the molecule is C[C@]12CC/C(=N\O[C@H]3CCNC3)C[C@@H]1[C@@H](O)C[C@@H]1[C@@H]2CC[C@]2(C)C(=O)CC[C@@H]12. The first-order valence-electron chi connectivity index (χ1n) is 11.6. The first kappa shape index (κ1) is 19.0. The van der Waals surface area contributed by atoms with E-state index in [2.05, 4.69) is 24.3 Å². The third-order valence-corrected chi connectivity index (χ3v) is 9.57. The minimum atomic E-state index is -0.275. The molecule has 0 aromatic rings. The summed E-state index contributed by atoms with van der Waals surface area (Å²) in [6, 6.07) is 0. The van der Waals surface area contributed by atoms with Crippen molar-refractivity contribution in [3.05, 3.63) is 0 Å². The van der Waals surface area contributed by atoms with E-state index in [-0.39, 0.29) is 29.0 Å². The molecule has 8 atom stereocenters. The van der Waals surface area contributed by atoms with Gasteiger partial charge < -0.3 is 15.3 Å². The summed E-state index contributed by atoms with van der Waals surface area (Å²) in [5, 5.41) is 19.0. The van der Waals surface area contributed by atoms with Gasteiger partial charge in [0.15, 0.2) is 0 Å². The first-order chi connectivity index (χ1) is 13.4. The Balaban J connectivity index is 1.34. The van der Waals surface area contributed by atoms with E-state index in [9.17, 15) is 9.90 Å². The zero-order valence-electron chi connectivity index (χ0n) is 17.5. The van der Waals surface area contributed by atoms with E-state index in [1.165, 1.54) is 0 Å². The lowest BCUT2D eigenvalue weighted by atomic mass is 9.44. The van der Waals surface area contributed by atoms with Crippen molar-refractivity contribution in [2.75, 3.05) is 13.1 Å². The van der Waals surface area contributed by atoms with Crippen LogP contribution in [0, 0.1) is 34.5 Å². The molecule has 4 aliphatic carbocycles. The largest absolute Gasteiger partial charge is 0.393 e. The van der Waals surface area contributed by atoms with E-state index < -0.39 is 0 Å². The molecule has 0 aromatic carbocycles. The topological polar surface area (TPSA) is 70.9 Å². The molecule has 1 aliphatic heterocycles. The maximum absolute atomic E-state index is 12.6. The monoisotopic (exact) mass is 388 g/mol. The standard InChI is InChI=1S/C23H36N2O3/c1-22-8-5-14(25-28-15-7-10-24-13-15)11-19(22)20(26)12-16-17-3-4-21(27)23(17,2)9-6-18(16)22/h15-20,24,26H,3-13H2,1-2H3/b25-14+/t15-,16-,17-,18-,19+,20-,22+,23-/m0/s1. The van der Waals surface area contributed by atoms with E-state index in [0.717, 1.165) is 76.6 Å². The Morgan fingerprint density at radius 1 is 1.11 bits per heavy atom. The lowest BCUT2D eigenvalue weighted by Gasteiger charge is -2.60. The van der Waals surface area contributed by atoms with Gasteiger partial charge in [-0.1, -0.05) is 19.0 Å². The van der Waals surface area contributed by atoms with Crippen molar-refractivity contribution in [1.29, 1.82) is 0 Å².